The second-order valence-corrected chi connectivity index (χ2v) is 10.1. The summed E-state index contributed by atoms with van der Waals surface area (Å²) < 4.78 is 0. The summed E-state index contributed by atoms with van der Waals surface area (Å²) in [5.74, 6) is -1.04. The van der Waals surface area contributed by atoms with Gasteiger partial charge in [0.1, 0.15) is 5.70 Å². The monoisotopic (exact) mass is 489 g/mol. The third-order valence-electron chi connectivity index (χ3n) is 7.61. The second-order valence-electron chi connectivity index (χ2n) is 10.1. The van der Waals surface area contributed by atoms with E-state index in [0.29, 0.717) is 62.6 Å². The van der Waals surface area contributed by atoms with E-state index in [9.17, 15) is 14.4 Å². The minimum Gasteiger partial charge on any atom is -0.481 e. The van der Waals surface area contributed by atoms with E-state index in [1.54, 1.807) is 11.0 Å². The van der Waals surface area contributed by atoms with Crippen LogP contribution in [0.25, 0.3) is 0 Å². The van der Waals surface area contributed by atoms with Crippen LogP contribution in [0.1, 0.15) is 47.2 Å². The molecular formula is C29H35N3O4. The summed E-state index contributed by atoms with van der Waals surface area (Å²) in [6.07, 6.45) is 9.46. The van der Waals surface area contributed by atoms with Crippen molar-refractivity contribution in [2.75, 3.05) is 26.2 Å². The van der Waals surface area contributed by atoms with Crippen molar-refractivity contribution in [1.29, 1.82) is 0 Å². The highest BCUT2D eigenvalue weighted by molar-refractivity contribution is 6.14. The van der Waals surface area contributed by atoms with Crippen molar-refractivity contribution in [3.8, 4) is 0 Å². The van der Waals surface area contributed by atoms with E-state index in [0.717, 1.165) is 36.0 Å². The summed E-state index contributed by atoms with van der Waals surface area (Å²) in [5.41, 5.74) is 10.5. The van der Waals surface area contributed by atoms with E-state index in [2.05, 4.69) is 18.1 Å². The van der Waals surface area contributed by atoms with E-state index in [1.165, 1.54) is 0 Å². The topological polar surface area (TPSA) is 104 Å². The molecule has 0 saturated carbocycles. The molecule has 7 nitrogen and oxygen atoms in total. The van der Waals surface area contributed by atoms with Crippen LogP contribution in [0.3, 0.4) is 0 Å². The number of allylic oxidation sites excluding steroid dienone is 5. The average molecular weight is 490 g/mol. The Bertz CT molecular complexity index is 1140. The number of aliphatic carboxylic acids is 1. The predicted molar refractivity (Wildman–Crippen MR) is 139 cm³/mol. The first-order valence-corrected chi connectivity index (χ1v) is 12.6. The highest BCUT2D eigenvalue weighted by atomic mass is 16.4. The highest BCUT2D eigenvalue weighted by Crippen LogP contribution is 2.30. The van der Waals surface area contributed by atoms with Crippen molar-refractivity contribution < 1.29 is 19.5 Å². The van der Waals surface area contributed by atoms with Gasteiger partial charge in [0.15, 0.2) is 5.78 Å². The fourth-order valence-electron chi connectivity index (χ4n) is 5.41. The van der Waals surface area contributed by atoms with Crippen molar-refractivity contribution in [2.45, 2.75) is 38.6 Å². The van der Waals surface area contributed by atoms with Gasteiger partial charge in [-0.25, -0.2) is 0 Å². The maximum atomic E-state index is 13.2. The van der Waals surface area contributed by atoms with Gasteiger partial charge in [-0.1, -0.05) is 49.6 Å². The lowest BCUT2D eigenvalue weighted by atomic mass is 9.84. The molecule has 190 valence electrons. The van der Waals surface area contributed by atoms with Crippen molar-refractivity contribution in [2.24, 2.45) is 17.6 Å². The van der Waals surface area contributed by atoms with Crippen LogP contribution in [0.15, 0.2) is 66.4 Å². The van der Waals surface area contributed by atoms with Gasteiger partial charge in [-0.05, 0) is 54.7 Å². The second kappa shape index (κ2) is 11.1. The lowest BCUT2D eigenvalue weighted by molar-refractivity contribution is -0.147. The van der Waals surface area contributed by atoms with Gasteiger partial charge in [0, 0.05) is 43.9 Å². The Morgan fingerprint density at radius 1 is 1.17 bits per heavy atom. The molecule has 36 heavy (non-hydrogen) atoms. The molecule has 0 spiro atoms. The Morgan fingerprint density at radius 2 is 1.94 bits per heavy atom. The van der Waals surface area contributed by atoms with Crippen LogP contribution in [0, 0.1) is 11.8 Å². The van der Waals surface area contributed by atoms with Crippen LogP contribution in [0.4, 0.5) is 0 Å². The smallest absolute Gasteiger partial charge is 0.309 e. The summed E-state index contributed by atoms with van der Waals surface area (Å²) in [6, 6.07) is 5.76. The number of carbonyl (C=O) groups excluding carboxylic acids is 2. The largest absolute Gasteiger partial charge is 0.481 e. The van der Waals surface area contributed by atoms with E-state index in [-0.39, 0.29) is 23.3 Å². The number of carboxylic acids is 1. The normalized spacial score (nSPS) is 22.1. The minimum atomic E-state index is -0.749. The molecule has 1 aromatic rings. The number of fused-ring (bicyclic) bond motifs is 1. The van der Waals surface area contributed by atoms with E-state index < -0.39 is 5.97 Å². The summed E-state index contributed by atoms with van der Waals surface area (Å²) in [5, 5.41) is 9.05. The Balaban J connectivity index is 1.37. The molecule has 2 heterocycles. The standard InChI is InChI=1S/C29H35N3O4/c1-3-5-19(4-2)6-7-20-12-13-32(16-20)28(34)26(30)25-11-9-22-14-21(8-10-24(22)27(25)33)15-31-17-23(18-31)29(35)36/h3-5,8,10,14,20,23H,1-2,6-7,9,11-13,15-18,30H2,(H,35,36)/b19-5+,26-25?. The average Bonchev–Trinajstić information content (AvgIpc) is 3.32. The highest BCUT2D eigenvalue weighted by Gasteiger charge is 2.34. The summed E-state index contributed by atoms with van der Waals surface area (Å²) in [6.45, 7) is 10.6. The van der Waals surface area contributed by atoms with Gasteiger partial charge < -0.3 is 15.7 Å². The number of nitrogens with zero attached hydrogens (tertiary/aromatic N) is 2. The summed E-state index contributed by atoms with van der Waals surface area (Å²) >= 11 is 0. The van der Waals surface area contributed by atoms with Crippen LogP contribution in [0.2, 0.25) is 0 Å². The molecule has 1 atom stereocenters. The third-order valence-corrected chi connectivity index (χ3v) is 7.61. The summed E-state index contributed by atoms with van der Waals surface area (Å²) in [4.78, 5) is 41.2. The van der Waals surface area contributed by atoms with E-state index in [1.807, 2.05) is 30.4 Å². The van der Waals surface area contributed by atoms with E-state index >= 15 is 0 Å². The van der Waals surface area contributed by atoms with Crippen LogP contribution in [0.5, 0.6) is 0 Å². The number of hydrogen-bond donors (Lipinski definition) is 2. The molecule has 2 fully saturated rings. The molecule has 2 saturated heterocycles. The molecule has 2 aliphatic heterocycles. The van der Waals surface area contributed by atoms with E-state index in [4.69, 9.17) is 10.8 Å². The van der Waals surface area contributed by atoms with Gasteiger partial charge in [-0.2, -0.15) is 0 Å². The Hall–Kier alpha value is -3.45. The number of likely N-dealkylation sites (tertiary alicyclic amines) is 2. The molecule has 1 unspecified atom stereocenters. The molecule has 1 aliphatic carbocycles. The zero-order valence-electron chi connectivity index (χ0n) is 20.7. The Morgan fingerprint density at radius 3 is 2.64 bits per heavy atom. The number of hydrogen-bond acceptors (Lipinski definition) is 5. The fourth-order valence-corrected chi connectivity index (χ4v) is 5.41. The molecule has 0 radical (unpaired) electrons. The van der Waals surface area contributed by atoms with Crippen LogP contribution in [-0.2, 0) is 22.6 Å². The SMILES string of the molecule is C=C/C=C(\C=C)CCC1CCN(C(=O)C(N)=C2CCc3cc(CN4CC(C(=O)O)C4)ccc3C2=O)C1. The van der Waals surface area contributed by atoms with Crippen LogP contribution < -0.4 is 5.73 Å². The van der Waals surface area contributed by atoms with Gasteiger partial charge in [0.2, 0.25) is 0 Å². The third kappa shape index (κ3) is 5.51. The zero-order valence-corrected chi connectivity index (χ0v) is 20.7. The molecule has 1 aromatic carbocycles. The quantitative estimate of drug-likeness (QED) is 0.407. The lowest BCUT2D eigenvalue weighted by Crippen LogP contribution is -2.49. The van der Waals surface area contributed by atoms with Crippen LogP contribution in [-0.4, -0.2) is 58.7 Å². The maximum Gasteiger partial charge on any atom is 0.309 e. The molecule has 0 aromatic heterocycles. The number of benzene rings is 1. The number of rotatable bonds is 9. The van der Waals surface area contributed by atoms with Crippen molar-refractivity contribution in [3.63, 3.8) is 0 Å². The Kier molecular flexibility index (Phi) is 7.89. The van der Waals surface area contributed by atoms with Crippen LogP contribution >= 0.6 is 0 Å². The number of amides is 1. The van der Waals surface area contributed by atoms with Gasteiger partial charge in [0.25, 0.3) is 5.91 Å². The molecule has 3 N–H and O–H groups in total. The maximum absolute atomic E-state index is 13.2. The lowest BCUT2D eigenvalue weighted by Gasteiger charge is -2.36. The van der Waals surface area contributed by atoms with Gasteiger partial charge in [0.05, 0.1) is 5.92 Å². The first-order valence-electron chi connectivity index (χ1n) is 12.6. The minimum absolute atomic E-state index is 0.0778. The van der Waals surface area contributed by atoms with Gasteiger partial charge >= 0.3 is 5.97 Å². The molecule has 7 heteroatoms. The first kappa shape index (κ1) is 25.6. The van der Waals surface area contributed by atoms with Gasteiger partial charge in [-0.3, -0.25) is 19.3 Å². The molecular weight excluding hydrogens is 454 g/mol. The number of carboxylic acid groups (broad SMARTS) is 1. The number of ketones is 1. The Labute approximate surface area is 212 Å². The molecule has 4 rings (SSSR count). The number of nitrogens with two attached hydrogens (primary N) is 1. The van der Waals surface area contributed by atoms with Crippen molar-refractivity contribution >= 4 is 17.7 Å². The van der Waals surface area contributed by atoms with Crippen molar-refractivity contribution in [3.05, 3.63) is 83.1 Å². The number of carbonyl (C=O) groups is 3. The molecule has 0 bridgehead atoms. The number of aryl methyl sites for hydroxylation is 1. The molecule has 1 amide bonds. The molecule has 3 aliphatic rings. The van der Waals surface area contributed by atoms with Gasteiger partial charge in [-0.15, -0.1) is 0 Å². The first-order chi connectivity index (χ1) is 17.3. The zero-order chi connectivity index (χ0) is 25.8. The number of Topliss-reactive ketones (excluding diaryl/α,β-unsaturated/α-hetero) is 1. The van der Waals surface area contributed by atoms with Crippen molar-refractivity contribution in [1.82, 2.24) is 9.80 Å². The predicted octanol–water partition coefficient (Wildman–Crippen LogP) is 3.47. The fraction of sp³-hybridized carbons (Fsp3) is 0.414. The summed E-state index contributed by atoms with van der Waals surface area (Å²) in [7, 11) is 0.